The van der Waals surface area contributed by atoms with E-state index in [2.05, 4.69) is 22.6 Å². The van der Waals surface area contributed by atoms with Crippen molar-refractivity contribution >= 4 is 57.3 Å². The van der Waals surface area contributed by atoms with Gasteiger partial charge in [-0.1, -0.05) is 23.8 Å². The van der Waals surface area contributed by atoms with Crippen LogP contribution in [-0.2, 0) is 0 Å². The lowest BCUT2D eigenvalue weighted by Crippen LogP contribution is -2.42. The van der Waals surface area contributed by atoms with Gasteiger partial charge in [0.1, 0.15) is 0 Å². The second kappa shape index (κ2) is 6.68. The van der Waals surface area contributed by atoms with E-state index in [4.69, 9.17) is 29.6 Å². The van der Waals surface area contributed by atoms with Crippen LogP contribution in [0.4, 0.5) is 0 Å². The van der Waals surface area contributed by atoms with Crippen molar-refractivity contribution in [2.75, 3.05) is 6.54 Å². The molecule has 0 atom stereocenters. The number of carbonyl (C=O) groups is 1. The van der Waals surface area contributed by atoms with Crippen LogP contribution in [0.15, 0.2) is 18.2 Å². The number of rotatable bonds is 4. The van der Waals surface area contributed by atoms with Crippen LogP contribution in [0.1, 0.15) is 24.2 Å². The molecule has 0 saturated heterocycles. The van der Waals surface area contributed by atoms with Gasteiger partial charge in [-0.25, -0.2) is 0 Å². The maximum atomic E-state index is 12.3. The number of benzene rings is 1. The molecule has 1 aromatic rings. The fourth-order valence-corrected chi connectivity index (χ4v) is 2.11. The number of nitrogens with zero attached hydrogens (tertiary/aromatic N) is 1. The predicted molar refractivity (Wildman–Crippen MR) is 87.1 cm³/mol. The third kappa shape index (κ3) is 4.07. The average molecular weight is 397 g/mol. The molecule has 1 rings (SSSR count). The van der Waals surface area contributed by atoms with E-state index in [1.807, 2.05) is 19.9 Å². The van der Waals surface area contributed by atoms with Gasteiger partial charge in [0.25, 0.3) is 5.91 Å². The summed E-state index contributed by atoms with van der Waals surface area (Å²) in [5.74, 6) is -0.115. The third-order valence-corrected chi connectivity index (χ3v) is 4.08. The summed E-state index contributed by atoms with van der Waals surface area (Å²) in [6.45, 7) is 4.12. The molecule has 0 aliphatic carbocycles. The van der Waals surface area contributed by atoms with E-state index in [1.54, 1.807) is 17.0 Å². The van der Waals surface area contributed by atoms with Crippen LogP contribution in [0.2, 0.25) is 5.02 Å². The van der Waals surface area contributed by atoms with E-state index in [-0.39, 0.29) is 18.5 Å². The summed E-state index contributed by atoms with van der Waals surface area (Å²) in [5.41, 5.74) is 6.06. The largest absolute Gasteiger partial charge is 0.392 e. The lowest BCUT2D eigenvalue weighted by atomic mass is 10.1. The molecular formula is C12H14ClIN2OS. The molecule has 0 saturated carbocycles. The van der Waals surface area contributed by atoms with Crippen LogP contribution >= 0.6 is 46.4 Å². The minimum Gasteiger partial charge on any atom is -0.392 e. The summed E-state index contributed by atoms with van der Waals surface area (Å²) >= 11 is 13.0. The summed E-state index contributed by atoms with van der Waals surface area (Å²) in [7, 11) is 0. The highest BCUT2D eigenvalue weighted by atomic mass is 127. The second-order valence-corrected chi connectivity index (χ2v) is 6.22. The molecule has 0 spiro atoms. The Morgan fingerprint density at radius 3 is 2.61 bits per heavy atom. The van der Waals surface area contributed by atoms with Crippen molar-refractivity contribution in [1.29, 1.82) is 0 Å². The molecule has 0 bridgehead atoms. The smallest absolute Gasteiger partial charge is 0.254 e. The standard InChI is InChI=1S/C12H14ClIN2OS/c1-7(2)16(6-11(15)18)12(17)8-3-4-10(14)9(13)5-8/h3-5,7H,6H2,1-2H3,(H2,15,18). The molecule has 2 N–H and O–H groups in total. The molecule has 0 aliphatic heterocycles. The molecule has 0 aliphatic rings. The van der Waals surface area contributed by atoms with Crippen LogP contribution in [-0.4, -0.2) is 28.4 Å². The fraction of sp³-hybridized carbons (Fsp3) is 0.333. The normalized spacial score (nSPS) is 10.5. The summed E-state index contributed by atoms with van der Waals surface area (Å²) in [4.78, 5) is 14.3. The quantitative estimate of drug-likeness (QED) is 0.628. The molecule has 0 unspecified atom stereocenters. The number of amides is 1. The van der Waals surface area contributed by atoms with Crippen molar-refractivity contribution in [3.8, 4) is 0 Å². The van der Waals surface area contributed by atoms with Gasteiger partial charge >= 0.3 is 0 Å². The van der Waals surface area contributed by atoms with Crippen LogP contribution in [0.5, 0.6) is 0 Å². The lowest BCUT2D eigenvalue weighted by Gasteiger charge is -2.26. The molecule has 0 aromatic heterocycles. The average Bonchev–Trinajstić information content (AvgIpc) is 2.28. The Hall–Kier alpha value is -0.400. The van der Waals surface area contributed by atoms with Gasteiger partial charge in [0, 0.05) is 15.2 Å². The highest BCUT2D eigenvalue weighted by molar-refractivity contribution is 14.1. The van der Waals surface area contributed by atoms with Crippen molar-refractivity contribution in [3.63, 3.8) is 0 Å². The maximum absolute atomic E-state index is 12.3. The van der Waals surface area contributed by atoms with Gasteiger partial charge in [-0.3, -0.25) is 4.79 Å². The Morgan fingerprint density at radius 1 is 1.56 bits per heavy atom. The Kier molecular flexibility index (Phi) is 5.81. The van der Waals surface area contributed by atoms with Gasteiger partial charge in [-0.2, -0.15) is 0 Å². The molecule has 1 amide bonds. The van der Waals surface area contributed by atoms with E-state index in [1.165, 1.54) is 0 Å². The molecule has 0 heterocycles. The molecular weight excluding hydrogens is 383 g/mol. The first-order valence-electron chi connectivity index (χ1n) is 5.37. The fourth-order valence-electron chi connectivity index (χ4n) is 1.45. The first-order chi connectivity index (χ1) is 8.32. The van der Waals surface area contributed by atoms with Crippen molar-refractivity contribution in [1.82, 2.24) is 4.90 Å². The molecule has 0 fully saturated rings. The van der Waals surface area contributed by atoms with Gasteiger partial charge in [0.05, 0.1) is 16.6 Å². The minimum absolute atomic E-state index is 0.0250. The van der Waals surface area contributed by atoms with Crippen LogP contribution in [0.25, 0.3) is 0 Å². The molecule has 0 radical (unpaired) electrons. The zero-order chi connectivity index (χ0) is 13.9. The topological polar surface area (TPSA) is 46.3 Å². The Balaban J connectivity index is 3.02. The van der Waals surface area contributed by atoms with Crippen molar-refractivity contribution in [2.45, 2.75) is 19.9 Å². The monoisotopic (exact) mass is 396 g/mol. The maximum Gasteiger partial charge on any atom is 0.254 e. The summed E-state index contributed by atoms with van der Waals surface area (Å²) < 4.78 is 0.913. The number of thiocarbonyl (C=S) groups is 1. The molecule has 6 heteroatoms. The number of hydrogen-bond donors (Lipinski definition) is 1. The summed E-state index contributed by atoms with van der Waals surface area (Å²) in [6.07, 6.45) is 0. The summed E-state index contributed by atoms with van der Waals surface area (Å²) in [6, 6.07) is 5.26. The van der Waals surface area contributed by atoms with Crippen LogP contribution in [0, 0.1) is 3.57 Å². The SMILES string of the molecule is CC(C)N(CC(N)=S)C(=O)c1ccc(I)c(Cl)c1. The zero-order valence-corrected chi connectivity index (χ0v) is 13.8. The Bertz CT molecular complexity index is 479. The number of hydrogen-bond acceptors (Lipinski definition) is 2. The number of carbonyl (C=O) groups excluding carboxylic acids is 1. The molecule has 1 aromatic carbocycles. The van der Waals surface area contributed by atoms with E-state index >= 15 is 0 Å². The van der Waals surface area contributed by atoms with Crippen molar-refractivity contribution in [3.05, 3.63) is 32.4 Å². The zero-order valence-electron chi connectivity index (χ0n) is 10.1. The Morgan fingerprint density at radius 2 is 2.17 bits per heavy atom. The molecule has 18 heavy (non-hydrogen) atoms. The van der Waals surface area contributed by atoms with E-state index in [0.717, 1.165) is 3.57 Å². The van der Waals surface area contributed by atoms with Gasteiger partial charge < -0.3 is 10.6 Å². The van der Waals surface area contributed by atoms with E-state index < -0.39 is 0 Å². The van der Waals surface area contributed by atoms with Crippen LogP contribution in [0.3, 0.4) is 0 Å². The van der Waals surface area contributed by atoms with Crippen LogP contribution < -0.4 is 5.73 Å². The van der Waals surface area contributed by atoms with Gasteiger partial charge in [-0.05, 0) is 54.6 Å². The lowest BCUT2D eigenvalue weighted by molar-refractivity contribution is 0.0736. The Labute approximate surface area is 131 Å². The van der Waals surface area contributed by atoms with E-state index in [9.17, 15) is 4.79 Å². The first-order valence-corrected chi connectivity index (χ1v) is 7.23. The van der Waals surface area contributed by atoms with Gasteiger partial charge in [0.2, 0.25) is 0 Å². The molecule has 98 valence electrons. The minimum atomic E-state index is -0.115. The van der Waals surface area contributed by atoms with E-state index in [0.29, 0.717) is 15.6 Å². The molecule has 3 nitrogen and oxygen atoms in total. The third-order valence-electron chi connectivity index (χ3n) is 2.38. The highest BCUT2D eigenvalue weighted by Gasteiger charge is 2.19. The predicted octanol–water partition coefficient (Wildman–Crippen LogP) is 3.08. The van der Waals surface area contributed by atoms with Gasteiger partial charge in [-0.15, -0.1) is 0 Å². The first kappa shape index (κ1) is 15.7. The number of halogens is 2. The summed E-state index contributed by atoms with van der Waals surface area (Å²) in [5, 5.41) is 0.570. The van der Waals surface area contributed by atoms with Crippen molar-refractivity contribution < 1.29 is 4.79 Å². The van der Waals surface area contributed by atoms with Gasteiger partial charge in [0.15, 0.2) is 0 Å². The highest BCUT2D eigenvalue weighted by Crippen LogP contribution is 2.21. The second-order valence-electron chi connectivity index (χ2n) is 4.12. The number of nitrogens with two attached hydrogens (primary N) is 1. The van der Waals surface area contributed by atoms with Crippen molar-refractivity contribution in [2.24, 2.45) is 5.73 Å².